The van der Waals surface area contributed by atoms with E-state index in [1.807, 2.05) is 30.3 Å². The Bertz CT molecular complexity index is 271. The number of hydrogen-bond donors (Lipinski definition) is 2. The second-order valence-electron chi connectivity index (χ2n) is 4.18. The van der Waals surface area contributed by atoms with Crippen molar-refractivity contribution in [1.29, 1.82) is 0 Å². The highest BCUT2D eigenvalue weighted by Gasteiger charge is 2.22. The van der Waals surface area contributed by atoms with Crippen molar-refractivity contribution < 1.29 is 5.11 Å². The van der Waals surface area contributed by atoms with Gasteiger partial charge in [-0.2, -0.15) is 0 Å². The maximum Gasteiger partial charge on any atom is 0.0945 e. The molecule has 1 rings (SSSR count). The van der Waals surface area contributed by atoms with Gasteiger partial charge < -0.3 is 10.4 Å². The molecule has 0 saturated carbocycles. The minimum atomic E-state index is -0.425. The van der Waals surface area contributed by atoms with Gasteiger partial charge in [0, 0.05) is 6.04 Å². The van der Waals surface area contributed by atoms with Crippen LogP contribution >= 0.6 is 0 Å². The molecule has 2 atom stereocenters. The van der Waals surface area contributed by atoms with E-state index in [1.165, 1.54) is 0 Å². The van der Waals surface area contributed by atoms with Gasteiger partial charge in [-0.3, -0.25) is 0 Å². The lowest BCUT2D eigenvalue weighted by Crippen LogP contribution is -2.39. The lowest BCUT2D eigenvalue weighted by molar-refractivity contribution is 0.106. The number of benzene rings is 1. The molecule has 2 nitrogen and oxygen atoms in total. The van der Waals surface area contributed by atoms with E-state index in [9.17, 15) is 5.11 Å². The first-order valence-corrected chi connectivity index (χ1v) is 5.63. The molecule has 15 heavy (non-hydrogen) atoms. The fourth-order valence-corrected chi connectivity index (χ4v) is 1.81. The highest BCUT2D eigenvalue weighted by molar-refractivity contribution is 5.19. The first-order valence-electron chi connectivity index (χ1n) is 5.63. The van der Waals surface area contributed by atoms with Crippen molar-refractivity contribution in [3.05, 3.63) is 35.9 Å². The second-order valence-corrected chi connectivity index (χ2v) is 4.18. The topological polar surface area (TPSA) is 32.3 Å². The van der Waals surface area contributed by atoms with E-state index in [2.05, 4.69) is 26.1 Å². The van der Waals surface area contributed by atoms with Crippen LogP contribution in [0.25, 0.3) is 0 Å². The molecule has 0 aliphatic rings. The molecule has 0 amide bonds. The molecular weight excluding hydrogens is 186 g/mol. The second kappa shape index (κ2) is 5.89. The molecule has 0 saturated heterocycles. The summed E-state index contributed by atoms with van der Waals surface area (Å²) in [6, 6.07) is 9.95. The maximum atomic E-state index is 10.2. The minimum absolute atomic E-state index is 0.123. The van der Waals surface area contributed by atoms with E-state index in [-0.39, 0.29) is 6.04 Å². The molecule has 0 heterocycles. The van der Waals surface area contributed by atoms with Crippen molar-refractivity contribution in [2.24, 2.45) is 5.92 Å². The van der Waals surface area contributed by atoms with Gasteiger partial charge in [0.25, 0.3) is 0 Å². The van der Waals surface area contributed by atoms with Gasteiger partial charge >= 0.3 is 0 Å². The molecule has 0 radical (unpaired) electrons. The molecule has 84 valence electrons. The highest BCUT2D eigenvalue weighted by atomic mass is 16.3. The van der Waals surface area contributed by atoms with E-state index in [4.69, 9.17) is 0 Å². The number of hydrogen-bond acceptors (Lipinski definition) is 2. The average molecular weight is 207 g/mol. The molecule has 2 unspecified atom stereocenters. The van der Waals surface area contributed by atoms with Crippen LogP contribution in [0.1, 0.15) is 32.4 Å². The zero-order chi connectivity index (χ0) is 11.3. The van der Waals surface area contributed by atoms with Crippen molar-refractivity contribution in [1.82, 2.24) is 5.32 Å². The summed E-state index contributed by atoms with van der Waals surface area (Å²) in [6.45, 7) is 7.19. The predicted molar refractivity (Wildman–Crippen MR) is 63.7 cm³/mol. The minimum Gasteiger partial charge on any atom is -0.387 e. The van der Waals surface area contributed by atoms with E-state index in [0.717, 1.165) is 12.1 Å². The van der Waals surface area contributed by atoms with Gasteiger partial charge in [-0.1, -0.05) is 51.1 Å². The summed E-state index contributed by atoms with van der Waals surface area (Å²) >= 11 is 0. The Morgan fingerprint density at radius 3 is 2.27 bits per heavy atom. The van der Waals surface area contributed by atoms with Crippen LogP contribution in [0.5, 0.6) is 0 Å². The predicted octanol–water partition coefficient (Wildman–Crippen LogP) is 2.35. The monoisotopic (exact) mass is 207 g/mol. The van der Waals surface area contributed by atoms with Crippen molar-refractivity contribution >= 4 is 0 Å². The Labute approximate surface area is 92.3 Å². The van der Waals surface area contributed by atoms with Gasteiger partial charge in [-0.05, 0) is 18.0 Å². The average Bonchev–Trinajstić information content (AvgIpc) is 2.26. The maximum absolute atomic E-state index is 10.2. The van der Waals surface area contributed by atoms with Crippen molar-refractivity contribution in [2.45, 2.75) is 32.9 Å². The Kier molecular flexibility index (Phi) is 4.79. The fourth-order valence-electron chi connectivity index (χ4n) is 1.81. The first kappa shape index (κ1) is 12.2. The molecule has 0 fully saturated rings. The normalized spacial score (nSPS) is 15.3. The summed E-state index contributed by atoms with van der Waals surface area (Å²) in [7, 11) is 0. The van der Waals surface area contributed by atoms with E-state index in [0.29, 0.717) is 5.92 Å². The zero-order valence-electron chi connectivity index (χ0n) is 9.77. The molecule has 2 N–H and O–H groups in total. The largest absolute Gasteiger partial charge is 0.387 e. The summed E-state index contributed by atoms with van der Waals surface area (Å²) in [6.07, 6.45) is -0.425. The number of nitrogens with one attached hydrogen (secondary N) is 1. The Morgan fingerprint density at radius 2 is 1.80 bits per heavy atom. The van der Waals surface area contributed by atoms with Gasteiger partial charge in [0.1, 0.15) is 0 Å². The van der Waals surface area contributed by atoms with Crippen LogP contribution in [0.2, 0.25) is 0 Å². The van der Waals surface area contributed by atoms with Crippen molar-refractivity contribution in [2.75, 3.05) is 6.54 Å². The molecule has 1 aromatic rings. The van der Waals surface area contributed by atoms with E-state index < -0.39 is 6.10 Å². The van der Waals surface area contributed by atoms with E-state index in [1.54, 1.807) is 0 Å². The van der Waals surface area contributed by atoms with Gasteiger partial charge in [0.2, 0.25) is 0 Å². The number of likely N-dealkylation sites (N-methyl/N-ethyl adjacent to an activating group) is 1. The molecule has 0 aromatic heterocycles. The van der Waals surface area contributed by atoms with Gasteiger partial charge in [0.05, 0.1) is 6.10 Å². The quantitative estimate of drug-likeness (QED) is 0.777. The van der Waals surface area contributed by atoms with Gasteiger partial charge in [0.15, 0.2) is 0 Å². The third kappa shape index (κ3) is 3.33. The standard InChI is InChI=1S/C13H21NO/c1-4-14-12(10(2)3)13(15)11-8-6-5-7-9-11/h5-10,12-15H,4H2,1-3H3. The van der Waals surface area contributed by atoms with Crippen LogP contribution in [0.4, 0.5) is 0 Å². The lowest BCUT2D eigenvalue weighted by atomic mass is 9.93. The smallest absolute Gasteiger partial charge is 0.0945 e. The number of aliphatic hydroxyl groups is 1. The molecule has 0 aliphatic carbocycles. The highest BCUT2D eigenvalue weighted by Crippen LogP contribution is 2.21. The molecule has 0 spiro atoms. The van der Waals surface area contributed by atoms with Crippen LogP contribution < -0.4 is 5.32 Å². The lowest BCUT2D eigenvalue weighted by Gasteiger charge is -2.27. The molecule has 0 aliphatic heterocycles. The van der Waals surface area contributed by atoms with Crippen LogP contribution in [0.3, 0.4) is 0 Å². The van der Waals surface area contributed by atoms with Crippen LogP contribution in [0.15, 0.2) is 30.3 Å². The summed E-state index contributed by atoms with van der Waals surface area (Å²) in [4.78, 5) is 0. The first-order chi connectivity index (χ1) is 7.16. The Balaban J connectivity index is 2.76. The van der Waals surface area contributed by atoms with Crippen molar-refractivity contribution in [3.63, 3.8) is 0 Å². The summed E-state index contributed by atoms with van der Waals surface area (Å²) in [5.41, 5.74) is 0.983. The zero-order valence-corrected chi connectivity index (χ0v) is 9.77. The Morgan fingerprint density at radius 1 is 1.20 bits per heavy atom. The number of rotatable bonds is 5. The number of aliphatic hydroxyl groups excluding tert-OH is 1. The van der Waals surface area contributed by atoms with Crippen molar-refractivity contribution in [3.8, 4) is 0 Å². The molecular formula is C13H21NO. The van der Waals surface area contributed by atoms with Gasteiger partial charge in [-0.25, -0.2) is 0 Å². The van der Waals surface area contributed by atoms with Gasteiger partial charge in [-0.15, -0.1) is 0 Å². The van der Waals surface area contributed by atoms with Crippen LogP contribution in [-0.2, 0) is 0 Å². The summed E-state index contributed by atoms with van der Waals surface area (Å²) in [5, 5.41) is 13.5. The summed E-state index contributed by atoms with van der Waals surface area (Å²) < 4.78 is 0. The molecule has 1 aromatic carbocycles. The van der Waals surface area contributed by atoms with Crippen LogP contribution in [0, 0.1) is 5.92 Å². The third-order valence-corrected chi connectivity index (χ3v) is 2.64. The SMILES string of the molecule is CCNC(C(C)C)C(O)c1ccccc1. The fraction of sp³-hybridized carbons (Fsp3) is 0.538. The Hall–Kier alpha value is -0.860. The van der Waals surface area contributed by atoms with Crippen LogP contribution in [-0.4, -0.2) is 17.7 Å². The summed E-state index contributed by atoms with van der Waals surface area (Å²) in [5.74, 6) is 0.417. The van der Waals surface area contributed by atoms with E-state index >= 15 is 0 Å². The third-order valence-electron chi connectivity index (χ3n) is 2.64. The molecule has 2 heteroatoms. The molecule has 0 bridgehead atoms.